The molecule has 0 aromatic rings. The highest BCUT2D eigenvalue weighted by atomic mass is 32.2. The van der Waals surface area contributed by atoms with Crippen molar-refractivity contribution < 1.29 is 14.3 Å². The average molecular weight is 220 g/mol. The molecule has 1 rings (SSSR count). The van der Waals surface area contributed by atoms with E-state index >= 15 is 0 Å². The summed E-state index contributed by atoms with van der Waals surface area (Å²) in [5.74, 6) is 1.14. The second-order valence-electron chi connectivity index (χ2n) is 3.92. The lowest BCUT2D eigenvalue weighted by Gasteiger charge is -2.29. The monoisotopic (exact) mass is 220 g/mol. The van der Waals surface area contributed by atoms with E-state index in [0.29, 0.717) is 0 Å². The Morgan fingerprint density at radius 3 is 2.86 bits per heavy atom. The molecule has 0 radical (unpaired) electrons. The number of carboxylic acid groups (broad SMARTS) is 1. The Balaban J connectivity index is 2.51. The Hall–Kier alpha value is -0.250. The van der Waals surface area contributed by atoms with Crippen LogP contribution < -0.4 is 0 Å². The summed E-state index contributed by atoms with van der Waals surface area (Å²) in [6, 6.07) is 0. The molecule has 0 aromatic heterocycles. The van der Waals surface area contributed by atoms with Gasteiger partial charge in [0.2, 0.25) is 0 Å². The third kappa shape index (κ3) is 3.48. The van der Waals surface area contributed by atoms with Crippen LogP contribution in [-0.2, 0) is 4.79 Å². The summed E-state index contributed by atoms with van der Waals surface area (Å²) in [5, 5.41) is 8.69. The Bertz CT molecular complexity index is 191. The van der Waals surface area contributed by atoms with Crippen LogP contribution in [0.4, 0.5) is 4.39 Å². The molecule has 2 nitrogen and oxygen atoms in total. The minimum atomic E-state index is -1.00. The van der Waals surface area contributed by atoms with E-state index in [2.05, 4.69) is 0 Å². The van der Waals surface area contributed by atoms with Gasteiger partial charge in [-0.1, -0.05) is 0 Å². The van der Waals surface area contributed by atoms with E-state index in [9.17, 15) is 9.18 Å². The maximum absolute atomic E-state index is 13.2. The van der Waals surface area contributed by atoms with E-state index in [0.717, 1.165) is 24.3 Å². The predicted molar refractivity (Wildman–Crippen MR) is 56.4 cm³/mol. The van der Waals surface area contributed by atoms with Crippen molar-refractivity contribution in [1.29, 1.82) is 0 Å². The largest absolute Gasteiger partial charge is 0.481 e. The van der Waals surface area contributed by atoms with Crippen LogP contribution in [0.25, 0.3) is 0 Å². The van der Waals surface area contributed by atoms with Crippen molar-refractivity contribution in [1.82, 2.24) is 0 Å². The van der Waals surface area contributed by atoms with Gasteiger partial charge in [0.1, 0.15) is 6.17 Å². The molecular formula is C10H17FO2S. The highest BCUT2D eigenvalue weighted by Crippen LogP contribution is 2.33. The lowest BCUT2D eigenvalue weighted by Crippen LogP contribution is -2.29. The van der Waals surface area contributed by atoms with Crippen LogP contribution in [0, 0.1) is 11.8 Å². The third-order valence-electron chi connectivity index (χ3n) is 2.80. The summed E-state index contributed by atoms with van der Waals surface area (Å²) in [7, 11) is 0. The van der Waals surface area contributed by atoms with Crippen LogP contribution in [0.3, 0.4) is 0 Å². The minimum Gasteiger partial charge on any atom is -0.481 e. The van der Waals surface area contributed by atoms with Crippen molar-refractivity contribution in [2.45, 2.75) is 32.4 Å². The maximum Gasteiger partial charge on any atom is 0.303 e. The van der Waals surface area contributed by atoms with Gasteiger partial charge in [-0.15, -0.1) is 0 Å². The zero-order valence-corrected chi connectivity index (χ0v) is 9.23. The fourth-order valence-electron chi connectivity index (χ4n) is 2.01. The Labute approximate surface area is 88.3 Å². The van der Waals surface area contributed by atoms with Crippen molar-refractivity contribution in [3.63, 3.8) is 0 Å². The molecule has 14 heavy (non-hydrogen) atoms. The van der Waals surface area contributed by atoms with Crippen LogP contribution in [0.15, 0.2) is 0 Å². The number of hydrogen-bond donors (Lipinski definition) is 1. The molecule has 3 unspecified atom stereocenters. The van der Waals surface area contributed by atoms with Crippen molar-refractivity contribution >= 4 is 17.7 Å². The fourth-order valence-corrected chi connectivity index (χ4v) is 3.26. The summed E-state index contributed by atoms with van der Waals surface area (Å²) in [5.41, 5.74) is 0. The molecule has 1 N–H and O–H groups in total. The zero-order chi connectivity index (χ0) is 10.6. The summed E-state index contributed by atoms with van der Waals surface area (Å²) in [4.78, 5) is 10.6. The first-order valence-electron chi connectivity index (χ1n) is 5.05. The van der Waals surface area contributed by atoms with Crippen LogP contribution in [-0.4, -0.2) is 28.8 Å². The molecular weight excluding hydrogens is 203 g/mol. The minimum absolute atomic E-state index is 0.0249. The van der Waals surface area contributed by atoms with E-state index in [1.807, 2.05) is 11.8 Å². The number of thioether (sulfide) groups is 1. The normalized spacial score (nSPS) is 26.9. The molecule has 82 valence electrons. The first kappa shape index (κ1) is 11.8. The average Bonchev–Trinajstić information content (AvgIpc) is 2.15. The number of alkyl halides is 1. The van der Waals surface area contributed by atoms with Gasteiger partial charge < -0.3 is 5.11 Å². The number of rotatable bonds is 4. The third-order valence-corrected chi connectivity index (χ3v) is 4.04. The summed E-state index contributed by atoms with van der Waals surface area (Å²) >= 11 is 1.82. The van der Waals surface area contributed by atoms with Crippen molar-refractivity contribution in [3.05, 3.63) is 0 Å². The van der Waals surface area contributed by atoms with E-state index in [4.69, 9.17) is 5.11 Å². The number of carbonyl (C=O) groups is 1. The molecule has 1 aliphatic heterocycles. The van der Waals surface area contributed by atoms with Gasteiger partial charge in [-0.3, -0.25) is 4.79 Å². The number of aliphatic carboxylic acids is 1. The SMILES string of the molecule is CC(F)C(CC(=O)O)C1CCCSC1. The van der Waals surface area contributed by atoms with E-state index in [-0.39, 0.29) is 18.3 Å². The van der Waals surface area contributed by atoms with Crippen LogP contribution in [0.1, 0.15) is 26.2 Å². The molecule has 1 saturated heterocycles. The molecule has 3 atom stereocenters. The molecule has 0 aliphatic carbocycles. The van der Waals surface area contributed by atoms with Gasteiger partial charge in [0.15, 0.2) is 0 Å². The number of hydrogen-bond acceptors (Lipinski definition) is 2. The van der Waals surface area contributed by atoms with Crippen molar-refractivity contribution in [2.24, 2.45) is 11.8 Å². The number of halogens is 1. The predicted octanol–water partition coefficient (Wildman–Crippen LogP) is 2.58. The molecule has 0 aromatic carbocycles. The highest BCUT2D eigenvalue weighted by molar-refractivity contribution is 7.99. The van der Waals surface area contributed by atoms with Crippen LogP contribution >= 0.6 is 11.8 Å². The number of carboxylic acids is 1. The van der Waals surface area contributed by atoms with Gasteiger partial charge >= 0.3 is 5.97 Å². The molecule has 0 spiro atoms. The topological polar surface area (TPSA) is 37.3 Å². The zero-order valence-electron chi connectivity index (χ0n) is 8.41. The fraction of sp³-hybridized carbons (Fsp3) is 0.900. The van der Waals surface area contributed by atoms with Crippen LogP contribution in [0.2, 0.25) is 0 Å². The smallest absolute Gasteiger partial charge is 0.303 e. The molecule has 0 saturated carbocycles. The van der Waals surface area contributed by atoms with Crippen molar-refractivity contribution in [3.8, 4) is 0 Å². The molecule has 1 aliphatic rings. The molecule has 0 bridgehead atoms. The summed E-state index contributed by atoms with van der Waals surface area (Å²) in [6.45, 7) is 1.48. The van der Waals surface area contributed by atoms with Gasteiger partial charge in [0.05, 0.1) is 6.42 Å². The Morgan fingerprint density at radius 2 is 2.43 bits per heavy atom. The highest BCUT2D eigenvalue weighted by Gasteiger charge is 2.30. The lowest BCUT2D eigenvalue weighted by atomic mass is 9.84. The van der Waals surface area contributed by atoms with Gasteiger partial charge in [0, 0.05) is 5.92 Å². The maximum atomic E-state index is 13.2. The van der Waals surface area contributed by atoms with E-state index in [1.165, 1.54) is 6.92 Å². The molecule has 1 fully saturated rings. The van der Waals surface area contributed by atoms with Crippen molar-refractivity contribution in [2.75, 3.05) is 11.5 Å². The second-order valence-corrected chi connectivity index (χ2v) is 5.07. The first-order chi connectivity index (χ1) is 6.61. The van der Waals surface area contributed by atoms with E-state index < -0.39 is 12.1 Å². The van der Waals surface area contributed by atoms with Gasteiger partial charge in [-0.05, 0) is 37.2 Å². The quantitative estimate of drug-likeness (QED) is 0.791. The van der Waals surface area contributed by atoms with Gasteiger partial charge in [-0.25, -0.2) is 4.39 Å². The van der Waals surface area contributed by atoms with Gasteiger partial charge in [0.25, 0.3) is 0 Å². The standard InChI is InChI=1S/C10H17FO2S/c1-7(11)9(5-10(12)13)8-3-2-4-14-6-8/h7-9H,2-6H2,1H3,(H,12,13). The summed E-state index contributed by atoms with van der Waals surface area (Å²) in [6.07, 6.45) is 1.05. The lowest BCUT2D eigenvalue weighted by molar-refractivity contribution is -0.139. The second kappa shape index (κ2) is 5.59. The Kier molecular flexibility index (Phi) is 4.72. The van der Waals surface area contributed by atoms with E-state index in [1.54, 1.807) is 0 Å². The molecule has 1 heterocycles. The molecule has 0 amide bonds. The van der Waals surface area contributed by atoms with Crippen LogP contribution in [0.5, 0.6) is 0 Å². The first-order valence-corrected chi connectivity index (χ1v) is 6.20. The Morgan fingerprint density at radius 1 is 1.71 bits per heavy atom. The van der Waals surface area contributed by atoms with Gasteiger partial charge in [-0.2, -0.15) is 11.8 Å². The summed E-state index contributed by atoms with van der Waals surface area (Å²) < 4.78 is 13.2. The molecule has 4 heteroatoms.